The number of rotatable bonds is 30. The molecule has 2 aliphatic rings. The minimum Gasteiger partial charge on any atom is -0.0654 e. The molecule has 0 amide bonds. The van der Waals surface area contributed by atoms with Crippen LogP contribution in [0.5, 0.6) is 0 Å². The Balaban J connectivity index is 0.000000256. The van der Waals surface area contributed by atoms with Crippen molar-refractivity contribution < 1.29 is 36.6 Å². The van der Waals surface area contributed by atoms with Crippen LogP contribution in [0.1, 0.15) is 191 Å². The number of nitrogens with one attached hydrogen (secondary N) is 1. The summed E-state index contributed by atoms with van der Waals surface area (Å²) < 4.78 is 2.18. The maximum atomic E-state index is 5.19. The molecule has 0 saturated carbocycles. The Morgan fingerprint density at radius 3 is 1.27 bits per heavy atom. The van der Waals surface area contributed by atoms with E-state index in [4.69, 9.17) is 29.9 Å². The molecule has 7 aromatic rings. The average Bonchev–Trinajstić information content (AvgIpc) is 4.45. The van der Waals surface area contributed by atoms with Gasteiger partial charge in [0.05, 0.1) is 56.5 Å². The van der Waals surface area contributed by atoms with E-state index in [-0.39, 0.29) is 19.5 Å². The molecule has 0 radical (unpaired) electrons. The molecule has 0 aromatic carbocycles. The predicted molar refractivity (Wildman–Crippen MR) is 323 cm³/mol. The van der Waals surface area contributed by atoms with E-state index in [1.165, 1.54) is 154 Å². The van der Waals surface area contributed by atoms with Gasteiger partial charge in [-0.3, -0.25) is 19.5 Å². The number of aromatic nitrogens is 8. The van der Waals surface area contributed by atoms with Gasteiger partial charge in [-0.25, -0.2) is 15.0 Å². The van der Waals surface area contributed by atoms with Crippen molar-refractivity contribution in [1.82, 2.24) is 39.5 Å². The topological polar surface area (TPSA) is 98.1 Å². The van der Waals surface area contributed by atoms with Gasteiger partial charge in [-0.15, -0.1) is 0 Å². The van der Waals surface area contributed by atoms with Gasteiger partial charge in [0.15, 0.2) is 0 Å². The Bertz CT molecular complexity index is 3020. The second-order valence-corrected chi connectivity index (χ2v) is 23.3. The molecule has 0 aliphatic carbocycles. The van der Waals surface area contributed by atoms with Crippen molar-refractivity contribution in [2.24, 2.45) is 0 Å². The second-order valence-electron chi connectivity index (χ2n) is 20.7. The van der Waals surface area contributed by atoms with E-state index in [0.717, 1.165) is 102 Å². The summed E-state index contributed by atoms with van der Waals surface area (Å²) in [6, 6.07) is 34.1. The molecule has 0 spiro atoms. The first kappa shape index (κ1) is 60.1. The Morgan fingerprint density at radius 2 is 0.808 bits per heavy atom. The predicted octanol–water partition coefficient (Wildman–Crippen LogP) is 20.0. The zero-order valence-corrected chi connectivity index (χ0v) is 51.7. The first-order valence-corrected chi connectivity index (χ1v) is 32.0. The van der Waals surface area contributed by atoms with Crippen molar-refractivity contribution >= 4 is 46.4 Å². The van der Waals surface area contributed by atoms with E-state index >= 15 is 0 Å². The van der Waals surface area contributed by atoms with Crippen LogP contribution in [-0.2, 0) is 36.6 Å². The Kier molecular flexibility index (Phi) is 26.5. The molecule has 406 valence electrons. The zero-order chi connectivity index (χ0) is 53.0. The van der Waals surface area contributed by atoms with Crippen LogP contribution in [0.15, 0.2) is 128 Å². The molecule has 1 N–H and O–H groups in total. The molecule has 9 heterocycles. The van der Waals surface area contributed by atoms with Crippen LogP contribution in [0.3, 0.4) is 0 Å². The van der Waals surface area contributed by atoms with Crippen LogP contribution >= 0.6 is 0 Å². The summed E-state index contributed by atoms with van der Waals surface area (Å²) in [7, 11) is 0. The third kappa shape index (κ3) is 18.5. The molecule has 0 fully saturated rings. The summed E-state index contributed by atoms with van der Waals surface area (Å²) in [6.07, 6.45) is 51.0. The van der Waals surface area contributed by atoms with E-state index in [0.29, 0.717) is 0 Å². The van der Waals surface area contributed by atoms with Crippen molar-refractivity contribution in [3.63, 3.8) is 0 Å². The SMILES string of the molecule is C1=Cc2cc3c(-c4ccccn4)c(-c4ccccn4)c(c(-c4ccccn4)c4nc(cc5ccc(cc1n2)[nH]5)C=C4)n3-c1ccccn1.CCCCCCCCCCCCC[CH2][Ru][CH2]CCCCCCCCCCCCC.[Zn]. The Hall–Kier alpha value is -5.55. The van der Waals surface area contributed by atoms with E-state index in [1.54, 1.807) is 10.0 Å². The van der Waals surface area contributed by atoms with Crippen LogP contribution in [0.4, 0.5) is 0 Å². The number of aromatic amines is 1. The van der Waals surface area contributed by atoms with Gasteiger partial charge in [-0.2, -0.15) is 0 Å². The van der Waals surface area contributed by atoms with Crippen molar-refractivity contribution in [3.8, 4) is 39.6 Å². The monoisotopic (exact) mass is 1180 g/mol. The molecule has 0 saturated heterocycles. The molecule has 2 aliphatic heterocycles. The fraction of sp³-hybridized carbons (Fsp3) is 0.412. The number of unbranched alkanes of at least 4 members (excludes halogenated alkanes) is 22. The van der Waals surface area contributed by atoms with E-state index in [2.05, 4.69) is 35.5 Å². The maximum absolute atomic E-state index is 5.19. The van der Waals surface area contributed by atoms with Gasteiger partial charge in [0, 0.05) is 66.4 Å². The standard InChI is InChI=1S/C40H26N8.2C14H29.Ru.Zn/c1-5-19-41-31(9-1)37-34-18-17-29(47-34)24-28-14-13-26(45-28)23-27-15-16-30(46-27)25-35-38(32-10-2-6-20-42-32)39(33-11-3-7-21-43-33)40(37)48(35)36-12-4-8-22-44-36;2*1-3-5-7-9-11-13-14-12-10-8-6-4-2;;/h1-25,45H;2*1,3-14H2,2H3;;. The third-order valence-electron chi connectivity index (χ3n) is 14.5. The molecule has 8 bridgehead atoms. The number of pyridine rings is 4. The summed E-state index contributed by atoms with van der Waals surface area (Å²) in [4.78, 5) is 33.3. The van der Waals surface area contributed by atoms with Crippen molar-refractivity contribution in [2.45, 2.75) is 178 Å². The first-order valence-electron chi connectivity index (χ1n) is 29.5. The van der Waals surface area contributed by atoms with Crippen LogP contribution in [-0.4, -0.2) is 39.5 Å². The molecule has 7 aromatic heterocycles. The molecule has 8 nitrogen and oxygen atoms in total. The summed E-state index contributed by atoms with van der Waals surface area (Å²) in [5.41, 5.74) is 11.8. The molecule has 9 rings (SSSR count). The van der Waals surface area contributed by atoms with Crippen LogP contribution in [0.2, 0.25) is 10.0 Å². The van der Waals surface area contributed by atoms with Crippen molar-refractivity contribution in [2.75, 3.05) is 0 Å². The van der Waals surface area contributed by atoms with E-state index in [9.17, 15) is 0 Å². The van der Waals surface area contributed by atoms with Gasteiger partial charge >= 0.3 is 168 Å². The molecule has 78 heavy (non-hydrogen) atoms. The summed E-state index contributed by atoms with van der Waals surface area (Å²) >= 11 is 0.718. The smallest absolute Gasteiger partial charge is 0.0654 e. The van der Waals surface area contributed by atoms with Gasteiger partial charge in [0.2, 0.25) is 0 Å². The van der Waals surface area contributed by atoms with E-state index < -0.39 is 0 Å². The summed E-state index contributed by atoms with van der Waals surface area (Å²) in [6.45, 7) is 4.61. The molecular weight excluding hydrogens is 1100 g/mol. The number of hydrogen-bond donors (Lipinski definition) is 1. The number of nitrogens with zero attached hydrogens (tertiary/aromatic N) is 7. The first-order chi connectivity index (χ1) is 38.2. The minimum atomic E-state index is 0. The summed E-state index contributed by atoms with van der Waals surface area (Å²) in [5.74, 6) is 0.724. The van der Waals surface area contributed by atoms with Gasteiger partial charge in [-0.05, 0) is 103 Å². The second kappa shape index (κ2) is 34.5. The minimum absolute atomic E-state index is 0. The normalized spacial score (nSPS) is 11.7. The Morgan fingerprint density at radius 1 is 0.397 bits per heavy atom. The number of hydrogen-bond acceptors (Lipinski definition) is 6. The molecule has 0 atom stereocenters. The van der Waals surface area contributed by atoms with E-state index in [1.807, 2.05) is 140 Å². The molecular formula is C68H84N8RuZn. The van der Waals surface area contributed by atoms with Gasteiger partial charge in [0.1, 0.15) is 5.82 Å². The van der Waals surface area contributed by atoms with Gasteiger partial charge in [0.25, 0.3) is 0 Å². The van der Waals surface area contributed by atoms with Crippen LogP contribution in [0.25, 0.3) is 86.0 Å². The average molecular weight is 1180 g/mol. The quantitative estimate of drug-likeness (QED) is 0.0356. The number of H-pyrrole nitrogens is 1. The van der Waals surface area contributed by atoms with Crippen LogP contribution in [0, 0.1) is 0 Å². The summed E-state index contributed by atoms with van der Waals surface area (Å²) in [5, 5.41) is 3.17. The van der Waals surface area contributed by atoms with Gasteiger partial charge < -0.3 is 4.98 Å². The number of fused-ring (bicyclic) bond motifs is 8. The fourth-order valence-corrected chi connectivity index (χ4v) is 12.6. The molecule has 10 heteroatoms. The third-order valence-corrected chi connectivity index (χ3v) is 17.0. The zero-order valence-electron chi connectivity index (χ0n) is 47.0. The van der Waals surface area contributed by atoms with Crippen molar-refractivity contribution in [1.29, 1.82) is 0 Å². The fourth-order valence-electron chi connectivity index (χ4n) is 10.4. The van der Waals surface area contributed by atoms with Crippen molar-refractivity contribution in [3.05, 3.63) is 151 Å². The molecule has 0 unspecified atom stereocenters. The van der Waals surface area contributed by atoms with Gasteiger partial charge in [-0.1, -0.05) is 51.0 Å². The Labute approximate surface area is 487 Å². The van der Waals surface area contributed by atoms with Crippen LogP contribution < -0.4 is 0 Å².